The molecule has 8 heavy (non-hydrogen) atoms. The molecule has 0 aliphatic rings. The lowest BCUT2D eigenvalue weighted by molar-refractivity contribution is 1.06. The molecular formula is C6H13BS. The predicted molar refractivity (Wildman–Crippen MR) is 45.2 cm³/mol. The van der Waals surface area contributed by atoms with Crippen LogP contribution in [-0.2, 0) is 0 Å². The van der Waals surface area contributed by atoms with E-state index >= 15 is 0 Å². The number of hydrogen-bond donors (Lipinski definition) is 0. The average molecular weight is 128 g/mol. The summed E-state index contributed by atoms with van der Waals surface area (Å²) in [5.74, 6) is 0. The third-order valence-electron chi connectivity index (χ3n) is 1.28. The summed E-state index contributed by atoms with van der Waals surface area (Å²) in [4.78, 5) is 0. The largest absolute Gasteiger partial charge is 0.141 e. The van der Waals surface area contributed by atoms with Crippen LogP contribution in [0.2, 0.25) is 19.5 Å². The fourth-order valence-corrected chi connectivity index (χ4v) is 1.10. The van der Waals surface area contributed by atoms with Gasteiger partial charge in [0.1, 0.15) is 6.71 Å². The summed E-state index contributed by atoms with van der Waals surface area (Å²) in [5.41, 5.74) is 0. The Hall–Kier alpha value is 0.155. The van der Waals surface area contributed by atoms with Crippen LogP contribution >= 0.6 is 12.2 Å². The highest BCUT2D eigenvalue weighted by Crippen LogP contribution is 1.99. The van der Waals surface area contributed by atoms with Crippen LogP contribution in [0.3, 0.4) is 0 Å². The highest BCUT2D eigenvalue weighted by molar-refractivity contribution is 7.79. The minimum absolute atomic E-state index is 0.803. The monoisotopic (exact) mass is 128 g/mol. The van der Waals surface area contributed by atoms with E-state index in [9.17, 15) is 0 Å². The van der Waals surface area contributed by atoms with Gasteiger partial charge in [0.2, 0.25) is 0 Å². The highest BCUT2D eigenvalue weighted by Gasteiger charge is 2.00. The van der Waals surface area contributed by atoms with Crippen molar-refractivity contribution >= 4 is 24.3 Å². The summed E-state index contributed by atoms with van der Waals surface area (Å²) in [6.07, 6.45) is 3.70. The van der Waals surface area contributed by atoms with Crippen LogP contribution in [0.15, 0.2) is 0 Å². The van der Waals surface area contributed by atoms with Gasteiger partial charge in [-0.05, 0) is 11.7 Å². The lowest BCUT2D eigenvalue weighted by Crippen LogP contribution is -2.04. The van der Waals surface area contributed by atoms with Gasteiger partial charge < -0.3 is 0 Å². The van der Waals surface area contributed by atoms with E-state index in [-0.39, 0.29) is 0 Å². The second-order valence-electron chi connectivity index (χ2n) is 2.30. The van der Waals surface area contributed by atoms with Crippen LogP contribution in [0.1, 0.15) is 13.3 Å². The smallest absolute Gasteiger partial charge is 0.0942 e. The standard InChI is InChI=1S/C6H13BS/c1-3-4-7(2)5-6-8/h6H,3-5H2,1-2H3. The lowest BCUT2D eigenvalue weighted by atomic mass is 9.47. The molecule has 0 amide bonds. The van der Waals surface area contributed by atoms with Crippen molar-refractivity contribution in [3.05, 3.63) is 0 Å². The van der Waals surface area contributed by atoms with Crippen molar-refractivity contribution in [2.75, 3.05) is 0 Å². The zero-order valence-corrected chi connectivity index (χ0v) is 6.50. The summed E-state index contributed by atoms with van der Waals surface area (Å²) < 4.78 is 0. The number of rotatable bonds is 4. The molecule has 0 rings (SSSR count). The molecule has 0 radical (unpaired) electrons. The van der Waals surface area contributed by atoms with E-state index in [1.165, 1.54) is 12.7 Å². The Bertz CT molecular complexity index is 63.5. The van der Waals surface area contributed by atoms with Crippen LogP contribution in [0.25, 0.3) is 0 Å². The van der Waals surface area contributed by atoms with Crippen molar-refractivity contribution in [1.82, 2.24) is 0 Å². The Morgan fingerprint density at radius 3 is 2.62 bits per heavy atom. The summed E-state index contributed by atoms with van der Waals surface area (Å²) >= 11 is 4.72. The van der Waals surface area contributed by atoms with Crippen LogP contribution in [-0.4, -0.2) is 12.1 Å². The Labute approximate surface area is 57.7 Å². The first-order valence-corrected chi connectivity index (χ1v) is 3.72. The topological polar surface area (TPSA) is 0 Å². The molecule has 0 atom stereocenters. The lowest BCUT2D eigenvalue weighted by Gasteiger charge is -1.98. The third kappa shape index (κ3) is 4.32. The van der Waals surface area contributed by atoms with Crippen LogP contribution in [0, 0.1) is 0 Å². The van der Waals surface area contributed by atoms with Gasteiger partial charge in [-0.2, -0.15) is 0 Å². The molecule has 0 fully saturated rings. The van der Waals surface area contributed by atoms with Crippen molar-refractivity contribution < 1.29 is 0 Å². The van der Waals surface area contributed by atoms with Gasteiger partial charge in [-0.3, -0.25) is 0 Å². The molecule has 0 aliphatic carbocycles. The average Bonchev–Trinajstić information content (AvgIpc) is 1.68. The summed E-state index contributed by atoms with van der Waals surface area (Å²) in [5, 5.41) is 1.83. The van der Waals surface area contributed by atoms with Gasteiger partial charge in [-0.25, -0.2) is 0 Å². The molecule has 0 nitrogen and oxygen atoms in total. The molecule has 0 saturated heterocycles. The molecule has 0 saturated carbocycles. The fourth-order valence-electron chi connectivity index (χ4n) is 0.775. The molecule has 0 heterocycles. The van der Waals surface area contributed by atoms with Gasteiger partial charge in [0.05, 0.1) is 0 Å². The van der Waals surface area contributed by atoms with Gasteiger partial charge in [-0.1, -0.05) is 38.7 Å². The normalized spacial score (nSPS) is 8.75. The molecule has 0 aromatic rings. The molecule has 46 valence electrons. The van der Waals surface area contributed by atoms with E-state index < -0.39 is 0 Å². The zero-order chi connectivity index (χ0) is 6.41. The second kappa shape index (κ2) is 5.29. The quantitative estimate of drug-likeness (QED) is 0.414. The van der Waals surface area contributed by atoms with Crippen LogP contribution in [0.4, 0.5) is 0 Å². The second-order valence-corrected chi connectivity index (χ2v) is 2.63. The summed E-state index contributed by atoms with van der Waals surface area (Å²) in [6, 6.07) is 0. The van der Waals surface area contributed by atoms with Crippen LogP contribution in [0.5, 0.6) is 0 Å². The van der Waals surface area contributed by atoms with Crippen LogP contribution < -0.4 is 0 Å². The minimum Gasteiger partial charge on any atom is -0.0942 e. The Morgan fingerprint density at radius 2 is 2.25 bits per heavy atom. The van der Waals surface area contributed by atoms with Crippen molar-refractivity contribution in [3.8, 4) is 0 Å². The molecule has 0 unspecified atom stereocenters. The number of hydrogen-bond acceptors (Lipinski definition) is 1. The Kier molecular flexibility index (Phi) is 5.40. The summed E-state index contributed by atoms with van der Waals surface area (Å²) in [7, 11) is 0. The van der Waals surface area contributed by atoms with Gasteiger partial charge in [-0.15, -0.1) is 0 Å². The zero-order valence-electron chi connectivity index (χ0n) is 5.68. The fraction of sp³-hybridized carbons (Fsp3) is 0.833. The number of thiocarbonyl (C=S) groups is 1. The maximum Gasteiger partial charge on any atom is 0.141 e. The molecule has 2 heteroatoms. The molecule has 0 aromatic carbocycles. The van der Waals surface area contributed by atoms with Gasteiger partial charge in [0.25, 0.3) is 0 Å². The third-order valence-corrected chi connectivity index (χ3v) is 1.47. The molecule has 0 aliphatic heterocycles. The molecule has 0 bridgehead atoms. The molecule has 0 spiro atoms. The van der Waals surface area contributed by atoms with Crippen molar-refractivity contribution in [3.63, 3.8) is 0 Å². The maximum atomic E-state index is 4.72. The maximum absolute atomic E-state index is 4.72. The van der Waals surface area contributed by atoms with Crippen molar-refractivity contribution in [2.45, 2.75) is 32.8 Å². The molecular weight excluding hydrogens is 115 g/mol. The van der Waals surface area contributed by atoms with Gasteiger partial charge in [0, 0.05) is 0 Å². The first kappa shape index (κ1) is 8.15. The van der Waals surface area contributed by atoms with Gasteiger partial charge in [0.15, 0.2) is 0 Å². The Morgan fingerprint density at radius 1 is 1.62 bits per heavy atom. The van der Waals surface area contributed by atoms with Crippen molar-refractivity contribution in [1.29, 1.82) is 0 Å². The van der Waals surface area contributed by atoms with E-state index in [0.29, 0.717) is 0 Å². The van der Waals surface area contributed by atoms with Crippen molar-refractivity contribution in [2.24, 2.45) is 0 Å². The minimum atomic E-state index is 0.803. The van der Waals surface area contributed by atoms with E-state index in [1.54, 1.807) is 0 Å². The van der Waals surface area contributed by atoms with E-state index in [2.05, 4.69) is 13.7 Å². The van der Waals surface area contributed by atoms with E-state index in [1.807, 2.05) is 5.37 Å². The highest BCUT2D eigenvalue weighted by atomic mass is 32.1. The first-order valence-electron chi connectivity index (χ1n) is 3.24. The molecule has 0 N–H and O–H groups in total. The Balaban J connectivity index is 3.03. The van der Waals surface area contributed by atoms with E-state index in [0.717, 1.165) is 13.0 Å². The SMILES string of the molecule is CCCB(C)CC=S. The summed E-state index contributed by atoms with van der Waals surface area (Å²) in [6.45, 7) is 5.25. The first-order chi connectivity index (χ1) is 3.81. The van der Waals surface area contributed by atoms with E-state index in [4.69, 9.17) is 12.2 Å². The molecule has 0 aromatic heterocycles. The van der Waals surface area contributed by atoms with Gasteiger partial charge >= 0.3 is 0 Å². The predicted octanol–water partition coefficient (Wildman–Crippen LogP) is 2.52.